The summed E-state index contributed by atoms with van der Waals surface area (Å²) >= 11 is 0. The van der Waals surface area contributed by atoms with Crippen LogP contribution in [0.5, 0.6) is 0 Å². The van der Waals surface area contributed by atoms with Gasteiger partial charge in [-0.15, -0.1) is 0 Å². The van der Waals surface area contributed by atoms with E-state index in [2.05, 4.69) is 55.8 Å². The van der Waals surface area contributed by atoms with Gasteiger partial charge in [0, 0.05) is 23.5 Å². The Bertz CT molecular complexity index is 681. The van der Waals surface area contributed by atoms with E-state index in [1.807, 2.05) is 25.3 Å². The predicted octanol–water partition coefficient (Wildman–Crippen LogP) is 4.82. The van der Waals surface area contributed by atoms with E-state index in [0.29, 0.717) is 0 Å². The van der Waals surface area contributed by atoms with Crippen LogP contribution in [0.4, 0.5) is 5.69 Å². The van der Waals surface area contributed by atoms with Gasteiger partial charge in [0.1, 0.15) is 0 Å². The maximum Gasteiger partial charge on any atom is 0.0406 e. The molecule has 0 aliphatic carbocycles. The number of anilines is 1. The average Bonchev–Trinajstić information content (AvgIpc) is 2.50. The number of benzene rings is 2. The van der Waals surface area contributed by atoms with Crippen LogP contribution in [0.25, 0.3) is 0 Å². The molecule has 0 radical (unpaired) electrons. The molecule has 0 saturated heterocycles. The molecule has 0 aliphatic heterocycles. The first kappa shape index (κ1) is 16.0. The fraction of sp³-hybridized carbons (Fsp3) is 0.250. The molecule has 0 spiro atoms. The molecule has 2 N–H and O–H groups in total. The first-order chi connectivity index (χ1) is 10.5. The lowest BCUT2D eigenvalue weighted by Crippen LogP contribution is -2.08. The van der Waals surface area contributed by atoms with Gasteiger partial charge >= 0.3 is 0 Å². The van der Waals surface area contributed by atoms with Gasteiger partial charge in [0.25, 0.3) is 0 Å². The topological polar surface area (TPSA) is 38.4 Å². The Morgan fingerprint density at radius 1 is 1.18 bits per heavy atom. The minimum absolute atomic E-state index is 0.180. The van der Waals surface area contributed by atoms with E-state index in [9.17, 15) is 0 Å². The van der Waals surface area contributed by atoms with E-state index in [1.54, 1.807) is 0 Å². The van der Waals surface area contributed by atoms with E-state index in [-0.39, 0.29) is 5.92 Å². The Balaban J connectivity index is 2.40. The van der Waals surface area contributed by atoms with E-state index < -0.39 is 0 Å². The van der Waals surface area contributed by atoms with Crippen molar-refractivity contribution in [2.24, 2.45) is 4.99 Å². The lowest BCUT2D eigenvalue weighted by molar-refractivity contribution is 0.772. The molecule has 2 rings (SSSR count). The number of hydrogen-bond acceptors (Lipinski definition) is 2. The van der Waals surface area contributed by atoms with Gasteiger partial charge in [-0.25, -0.2) is 0 Å². The molecule has 0 amide bonds. The van der Waals surface area contributed by atoms with Crippen molar-refractivity contribution >= 4 is 11.9 Å². The monoisotopic (exact) mass is 292 g/mol. The maximum atomic E-state index is 5.78. The number of nitrogens with zero attached hydrogens (tertiary/aromatic N) is 1. The molecule has 2 heteroatoms. The molecule has 0 aliphatic rings. The van der Waals surface area contributed by atoms with Crippen LogP contribution in [-0.2, 0) is 6.42 Å². The van der Waals surface area contributed by atoms with Crippen molar-refractivity contribution in [3.63, 3.8) is 0 Å². The minimum atomic E-state index is 0.180. The van der Waals surface area contributed by atoms with Crippen LogP contribution in [0.3, 0.4) is 0 Å². The Kier molecular flexibility index (Phi) is 5.16. The third-order valence-electron chi connectivity index (χ3n) is 4.14. The van der Waals surface area contributed by atoms with Gasteiger partial charge in [0.05, 0.1) is 0 Å². The SMILES string of the molecule is C=C(N=CC)C(Cc1ccc(N)cc1)c1cccc(C)c1C. The number of nitrogens with two attached hydrogens (primary N) is 1. The normalized spacial score (nSPS) is 12.5. The summed E-state index contributed by atoms with van der Waals surface area (Å²) in [5, 5.41) is 0. The molecular formula is C20H24N2. The third-order valence-corrected chi connectivity index (χ3v) is 4.14. The molecule has 0 aromatic heterocycles. The summed E-state index contributed by atoms with van der Waals surface area (Å²) in [6.45, 7) is 10.4. The average molecular weight is 292 g/mol. The second-order valence-electron chi connectivity index (χ2n) is 5.67. The quantitative estimate of drug-likeness (QED) is 0.623. The summed E-state index contributed by atoms with van der Waals surface area (Å²) in [5.74, 6) is 0.180. The summed E-state index contributed by atoms with van der Waals surface area (Å²) in [7, 11) is 0. The van der Waals surface area contributed by atoms with Crippen LogP contribution in [0.15, 0.2) is 59.7 Å². The lowest BCUT2D eigenvalue weighted by Gasteiger charge is -2.21. The molecular weight excluding hydrogens is 268 g/mol. The largest absolute Gasteiger partial charge is 0.399 e. The number of aliphatic imine (C=N–C) groups is 1. The molecule has 2 aromatic rings. The standard InChI is InChI=1S/C20H24N2/c1-5-22-16(4)20(13-17-9-11-18(21)12-10-17)19-8-6-7-14(2)15(19)3/h5-12,20H,4,13,21H2,1-3H3. The fourth-order valence-corrected chi connectivity index (χ4v) is 2.70. The first-order valence-electron chi connectivity index (χ1n) is 7.61. The van der Waals surface area contributed by atoms with Crippen LogP contribution in [0.2, 0.25) is 0 Å². The van der Waals surface area contributed by atoms with Crippen molar-refractivity contribution < 1.29 is 0 Å². The predicted molar refractivity (Wildman–Crippen MR) is 96.5 cm³/mol. The number of hydrogen-bond donors (Lipinski definition) is 1. The zero-order valence-electron chi connectivity index (χ0n) is 13.6. The number of allylic oxidation sites excluding steroid dienone is 1. The van der Waals surface area contributed by atoms with Gasteiger partial charge in [0.15, 0.2) is 0 Å². The van der Waals surface area contributed by atoms with E-state index >= 15 is 0 Å². The Morgan fingerprint density at radius 2 is 1.86 bits per heavy atom. The molecule has 0 fully saturated rings. The van der Waals surface area contributed by atoms with Gasteiger partial charge < -0.3 is 5.73 Å². The first-order valence-corrected chi connectivity index (χ1v) is 7.61. The summed E-state index contributed by atoms with van der Waals surface area (Å²) in [5.41, 5.74) is 12.6. The van der Waals surface area contributed by atoms with Crippen molar-refractivity contribution in [1.82, 2.24) is 0 Å². The summed E-state index contributed by atoms with van der Waals surface area (Å²) in [6.07, 6.45) is 2.68. The van der Waals surface area contributed by atoms with E-state index in [1.165, 1.54) is 22.3 Å². The molecule has 2 nitrogen and oxygen atoms in total. The van der Waals surface area contributed by atoms with Gasteiger partial charge in [-0.3, -0.25) is 4.99 Å². The van der Waals surface area contributed by atoms with Crippen LogP contribution in [-0.4, -0.2) is 6.21 Å². The van der Waals surface area contributed by atoms with Crippen molar-refractivity contribution in [3.8, 4) is 0 Å². The summed E-state index contributed by atoms with van der Waals surface area (Å²) < 4.78 is 0. The highest BCUT2D eigenvalue weighted by molar-refractivity contribution is 5.56. The third kappa shape index (κ3) is 3.64. The molecule has 1 atom stereocenters. The van der Waals surface area contributed by atoms with Gasteiger partial charge in [-0.2, -0.15) is 0 Å². The van der Waals surface area contributed by atoms with Crippen molar-refractivity contribution in [2.45, 2.75) is 33.1 Å². The van der Waals surface area contributed by atoms with Crippen molar-refractivity contribution in [2.75, 3.05) is 5.73 Å². The van der Waals surface area contributed by atoms with Crippen LogP contribution >= 0.6 is 0 Å². The van der Waals surface area contributed by atoms with E-state index in [4.69, 9.17) is 5.73 Å². The lowest BCUT2D eigenvalue weighted by atomic mass is 9.86. The molecule has 0 heterocycles. The second-order valence-corrected chi connectivity index (χ2v) is 5.67. The Hall–Kier alpha value is -2.35. The molecule has 22 heavy (non-hydrogen) atoms. The smallest absolute Gasteiger partial charge is 0.0406 e. The highest BCUT2D eigenvalue weighted by Crippen LogP contribution is 2.31. The molecule has 1 unspecified atom stereocenters. The van der Waals surface area contributed by atoms with Gasteiger partial charge in [-0.1, -0.05) is 36.9 Å². The zero-order valence-corrected chi connectivity index (χ0v) is 13.6. The zero-order chi connectivity index (χ0) is 16.1. The van der Waals surface area contributed by atoms with E-state index in [0.717, 1.165) is 17.8 Å². The molecule has 0 saturated carbocycles. The van der Waals surface area contributed by atoms with Crippen LogP contribution in [0, 0.1) is 13.8 Å². The highest BCUT2D eigenvalue weighted by atomic mass is 14.7. The fourth-order valence-electron chi connectivity index (χ4n) is 2.70. The van der Waals surface area contributed by atoms with Crippen molar-refractivity contribution in [3.05, 3.63) is 77.0 Å². The number of rotatable bonds is 5. The Labute approximate surface area is 133 Å². The maximum absolute atomic E-state index is 5.78. The van der Waals surface area contributed by atoms with Crippen LogP contribution < -0.4 is 5.73 Å². The highest BCUT2D eigenvalue weighted by Gasteiger charge is 2.18. The second kappa shape index (κ2) is 7.08. The summed E-state index contributed by atoms with van der Waals surface area (Å²) in [6, 6.07) is 14.5. The van der Waals surface area contributed by atoms with Crippen molar-refractivity contribution in [1.29, 1.82) is 0 Å². The number of aryl methyl sites for hydroxylation is 1. The van der Waals surface area contributed by atoms with Gasteiger partial charge in [-0.05, 0) is 61.6 Å². The summed E-state index contributed by atoms with van der Waals surface area (Å²) in [4.78, 5) is 4.44. The molecule has 2 aromatic carbocycles. The number of nitrogen functional groups attached to an aromatic ring is 1. The molecule has 0 bridgehead atoms. The van der Waals surface area contributed by atoms with Gasteiger partial charge in [0.2, 0.25) is 0 Å². The molecule has 114 valence electrons. The van der Waals surface area contributed by atoms with Crippen LogP contribution in [0.1, 0.15) is 35.1 Å². The minimum Gasteiger partial charge on any atom is -0.399 e. The Morgan fingerprint density at radius 3 is 2.50 bits per heavy atom.